The summed E-state index contributed by atoms with van der Waals surface area (Å²) in [6.07, 6.45) is 2.10. The van der Waals surface area contributed by atoms with E-state index < -0.39 is 11.7 Å². The van der Waals surface area contributed by atoms with Crippen LogP contribution >= 0.6 is 0 Å². The monoisotopic (exact) mass is 655 g/mol. The SMILES string of the molecule is CC(=O)c1ccc(F)cc1.CCCCC(CCC)NC(=O)c1nc2ccc(OC3CCN(c4ccc(C(F)(F)F)cc4)CC3)cc2o1. The number of piperidine rings is 1. The molecule has 1 fully saturated rings. The Morgan fingerprint density at radius 1 is 0.979 bits per heavy atom. The Hall–Kier alpha value is -4.41. The Balaban J connectivity index is 0.000000427. The van der Waals surface area contributed by atoms with E-state index in [4.69, 9.17) is 9.15 Å². The first-order valence-electron chi connectivity index (χ1n) is 16.0. The molecule has 1 amide bonds. The van der Waals surface area contributed by atoms with Crippen LogP contribution in [0.2, 0.25) is 0 Å². The van der Waals surface area contributed by atoms with Gasteiger partial charge in [0.25, 0.3) is 5.89 Å². The molecule has 252 valence electrons. The second-order valence-electron chi connectivity index (χ2n) is 11.7. The van der Waals surface area contributed by atoms with Crippen LogP contribution in [-0.2, 0) is 6.18 Å². The van der Waals surface area contributed by atoms with Crippen LogP contribution < -0.4 is 15.0 Å². The van der Waals surface area contributed by atoms with Gasteiger partial charge in [0, 0.05) is 49.3 Å². The number of ether oxygens (including phenoxy) is 1. The lowest BCUT2D eigenvalue weighted by atomic mass is 10.1. The number of hydrogen-bond acceptors (Lipinski definition) is 6. The number of halogens is 4. The molecule has 47 heavy (non-hydrogen) atoms. The molecule has 2 heterocycles. The van der Waals surface area contributed by atoms with E-state index in [1.807, 2.05) is 6.07 Å². The van der Waals surface area contributed by atoms with Crippen LogP contribution in [-0.4, -0.2) is 41.9 Å². The lowest BCUT2D eigenvalue weighted by Gasteiger charge is -2.33. The summed E-state index contributed by atoms with van der Waals surface area (Å²) in [7, 11) is 0. The molecule has 5 rings (SSSR count). The van der Waals surface area contributed by atoms with Crippen molar-refractivity contribution >= 4 is 28.5 Å². The molecular weight excluding hydrogens is 614 g/mol. The number of ketones is 1. The summed E-state index contributed by atoms with van der Waals surface area (Å²) in [4.78, 5) is 29.8. The number of nitrogens with one attached hydrogen (secondary N) is 1. The van der Waals surface area contributed by atoms with Gasteiger partial charge in [0.05, 0.1) is 5.56 Å². The molecule has 1 aromatic heterocycles. The number of rotatable bonds is 11. The van der Waals surface area contributed by atoms with Crippen molar-refractivity contribution in [2.45, 2.75) is 84.0 Å². The molecule has 11 heteroatoms. The van der Waals surface area contributed by atoms with Crippen LogP contribution in [0.1, 0.15) is 92.3 Å². The van der Waals surface area contributed by atoms with Crippen molar-refractivity contribution in [1.29, 1.82) is 0 Å². The quantitative estimate of drug-likeness (QED) is 0.128. The number of alkyl halides is 3. The summed E-state index contributed by atoms with van der Waals surface area (Å²) in [5.74, 6) is 0.0267. The maximum atomic E-state index is 12.8. The summed E-state index contributed by atoms with van der Waals surface area (Å²) in [5, 5.41) is 3.05. The van der Waals surface area contributed by atoms with Crippen molar-refractivity contribution in [2.75, 3.05) is 18.0 Å². The molecule has 0 spiro atoms. The van der Waals surface area contributed by atoms with E-state index in [1.165, 1.54) is 43.3 Å². The minimum absolute atomic E-state index is 0.0257. The molecule has 1 aliphatic rings. The maximum Gasteiger partial charge on any atom is 0.416 e. The van der Waals surface area contributed by atoms with E-state index in [1.54, 1.807) is 12.1 Å². The van der Waals surface area contributed by atoms with Gasteiger partial charge in [-0.25, -0.2) is 9.37 Å². The number of unbranched alkanes of at least 4 members (excludes halogenated alkanes) is 1. The van der Waals surface area contributed by atoms with Gasteiger partial charge >= 0.3 is 12.1 Å². The molecule has 4 aromatic rings. The largest absolute Gasteiger partial charge is 0.490 e. The second-order valence-corrected chi connectivity index (χ2v) is 11.7. The lowest BCUT2D eigenvalue weighted by Crippen LogP contribution is -2.38. The summed E-state index contributed by atoms with van der Waals surface area (Å²) >= 11 is 0. The smallest absolute Gasteiger partial charge is 0.416 e. The molecule has 0 bridgehead atoms. The molecule has 1 atom stereocenters. The molecule has 1 N–H and O–H groups in total. The molecule has 1 saturated heterocycles. The van der Waals surface area contributed by atoms with Gasteiger partial charge in [0.1, 0.15) is 23.2 Å². The highest BCUT2D eigenvalue weighted by Gasteiger charge is 2.30. The van der Waals surface area contributed by atoms with Gasteiger partial charge in [-0.05, 0) is 80.4 Å². The molecule has 1 aliphatic heterocycles. The lowest BCUT2D eigenvalue weighted by molar-refractivity contribution is -0.137. The van der Waals surface area contributed by atoms with Gasteiger partial charge in [-0.3, -0.25) is 9.59 Å². The summed E-state index contributed by atoms with van der Waals surface area (Å²) in [6, 6.07) is 16.2. The number of fused-ring (bicyclic) bond motifs is 1. The predicted molar refractivity (Wildman–Crippen MR) is 173 cm³/mol. The summed E-state index contributed by atoms with van der Waals surface area (Å²) < 4.78 is 62.6. The zero-order valence-electron chi connectivity index (χ0n) is 26.9. The minimum Gasteiger partial charge on any atom is -0.490 e. The highest BCUT2D eigenvalue weighted by atomic mass is 19.4. The highest BCUT2D eigenvalue weighted by Crippen LogP contribution is 2.32. The van der Waals surface area contributed by atoms with E-state index in [0.29, 0.717) is 35.5 Å². The predicted octanol–water partition coefficient (Wildman–Crippen LogP) is 9.01. The van der Waals surface area contributed by atoms with Crippen LogP contribution in [0.3, 0.4) is 0 Å². The first kappa shape index (κ1) is 35.4. The van der Waals surface area contributed by atoms with Crippen molar-refractivity contribution in [3.63, 3.8) is 0 Å². The first-order valence-corrected chi connectivity index (χ1v) is 16.0. The average molecular weight is 656 g/mol. The third-order valence-corrected chi connectivity index (χ3v) is 7.99. The van der Waals surface area contributed by atoms with E-state index in [2.05, 4.69) is 29.0 Å². The van der Waals surface area contributed by atoms with Crippen LogP contribution in [0, 0.1) is 5.82 Å². The Kier molecular flexibility index (Phi) is 12.4. The van der Waals surface area contributed by atoms with Gasteiger partial charge < -0.3 is 19.4 Å². The Labute approximate surface area is 272 Å². The number of carbonyl (C=O) groups is 2. The van der Waals surface area contributed by atoms with Gasteiger partial charge in [-0.2, -0.15) is 13.2 Å². The standard InChI is InChI=1S/C28H34F3N3O3.C8H7FO/c1-3-5-7-20(6-4-2)32-26(35)27-33-24-13-12-23(18-25(24)37-27)36-22-14-16-34(17-15-22)21-10-8-19(9-11-21)28(29,30)31;1-6(10)7-2-4-8(9)5-3-7/h8-13,18,20,22H,3-7,14-17H2,1-2H3,(H,32,35);2-5H,1H3. The number of oxazole rings is 1. The molecule has 7 nitrogen and oxygen atoms in total. The second kappa shape index (κ2) is 16.4. The number of amides is 1. The van der Waals surface area contributed by atoms with Crippen molar-refractivity contribution in [2.24, 2.45) is 0 Å². The molecule has 0 aliphatic carbocycles. The van der Waals surface area contributed by atoms with Gasteiger partial charge in [-0.15, -0.1) is 0 Å². The number of Topliss-reactive ketones (excluding diaryl/α,β-unsaturated/α-hetero) is 1. The number of aromatic nitrogens is 1. The van der Waals surface area contributed by atoms with Gasteiger partial charge in [0.15, 0.2) is 11.4 Å². The van der Waals surface area contributed by atoms with Crippen molar-refractivity contribution in [3.05, 3.63) is 89.6 Å². The number of benzene rings is 3. The summed E-state index contributed by atoms with van der Waals surface area (Å²) in [6.45, 7) is 7.05. The van der Waals surface area contributed by atoms with Crippen LogP contribution in [0.25, 0.3) is 11.1 Å². The molecule has 1 unspecified atom stereocenters. The number of anilines is 1. The number of nitrogens with zero attached hydrogens (tertiary/aromatic N) is 2. The fourth-order valence-electron chi connectivity index (χ4n) is 5.38. The van der Waals surface area contributed by atoms with E-state index >= 15 is 0 Å². The van der Waals surface area contributed by atoms with Gasteiger partial charge in [0.2, 0.25) is 0 Å². The Morgan fingerprint density at radius 3 is 2.26 bits per heavy atom. The Morgan fingerprint density at radius 2 is 1.66 bits per heavy atom. The first-order chi connectivity index (χ1) is 22.5. The molecule has 3 aromatic carbocycles. The minimum atomic E-state index is -4.33. The zero-order valence-corrected chi connectivity index (χ0v) is 26.9. The fraction of sp³-hybridized carbons (Fsp3) is 0.417. The molecule has 0 radical (unpaired) electrons. The van der Waals surface area contributed by atoms with E-state index in [0.717, 1.165) is 62.8 Å². The molecule has 0 saturated carbocycles. The van der Waals surface area contributed by atoms with E-state index in [-0.39, 0.29) is 35.5 Å². The summed E-state index contributed by atoms with van der Waals surface area (Å²) in [5.41, 5.74) is 1.76. The van der Waals surface area contributed by atoms with Crippen molar-refractivity contribution in [3.8, 4) is 5.75 Å². The topological polar surface area (TPSA) is 84.7 Å². The zero-order chi connectivity index (χ0) is 34.0. The number of carbonyl (C=O) groups excluding carboxylic acids is 2. The van der Waals surface area contributed by atoms with E-state index in [9.17, 15) is 27.2 Å². The average Bonchev–Trinajstić information content (AvgIpc) is 3.48. The van der Waals surface area contributed by atoms with Crippen molar-refractivity contribution in [1.82, 2.24) is 10.3 Å². The third-order valence-electron chi connectivity index (χ3n) is 7.99. The number of hydrogen-bond donors (Lipinski definition) is 1. The van der Waals surface area contributed by atoms with Crippen molar-refractivity contribution < 1.29 is 36.3 Å². The Bertz CT molecular complexity index is 1600. The van der Waals surface area contributed by atoms with Crippen LogP contribution in [0.15, 0.2) is 71.1 Å². The third kappa shape index (κ3) is 10.3. The van der Waals surface area contributed by atoms with Crippen LogP contribution in [0.5, 0.6) is 5.75 Å². The maximum absolute atomic E-state index is 12.8. The normalized spacial score (nSPS) is 14.3. The molecular formula is C36H41F4N3O4. The fourth-order valence-corrected chi connectivity index (χ4v) is 5.38. The van der Waals surface area contributed by atoms with Crippen LogP contribution in [0.4, 0.5) is 23.2 Å². The highest BCUT2D eigenvalue weighted by molar-refractivity contribution is 5.94. The van der Waals surface area contributed by atoms with Gasteiger partial charge in [-0.1, -0.05) is 33.1 Å².